The summed E-state index contributed by atoms with van der Waals surface area (Å²) in [6, 6.07) is 0. The van der Waals surface area contributed by atoms with Crippen LogP contribution in [0.2, 0.25) is 0 Å². The van der Waals surface area contributed by atoms with Crippen LogP contribution in [0.15, 0.2) is 0 Å². The summed E-state index contributed by atoms with van der Waals surface area (Å²) in [5.74, 6) is 0. The SMILES string of the molecule is I.NC[C@@H](O)[C@@H](O)[C@H](O)[C@H](O)CO. The van der Waals surface area contributed by atoms with Gasteiger partial charge in [0.15, 0.2) is 0 Å². The lowest BCUT2D eigenvalue weighted by molar-refractivity contribution is -0.112. The third-order valence-corrected chi connectivity index (χ3v) is 1.57. The first-order valence-electron chi connectivity index (χ1n) is 3.57. The van der Waals surface area contributed by atoms with E-state index >= 15 is 0 Å². The zero-order valence-corrected chi connectivity index (χ0v) is 9.28. The standard InChI is InChI=1S/C6H15NO5.HI/c7-1-3(9)5(11)6(12)4(10)2-8;/h3-6,8-12H,1-2,7H2;1H/t3-,4-,5-,6-;/m1./s1. The predicted molar refractivity (Wildman–Crippen MR) is 55.6 cm³/mol. The van der Waals surface area contributed by atoms with Gasteiger partial charge >= 0.3 is 0 Å². The second-order valence-corrected chi connectivity index (χ2v) is 2.53. The van der Waals surface area contributed by atoms with Crippen LogP contribution in [0.1, 0.15) is 0 Å². The quantitative estimate of drug-likeness (QED) is 0.301. The van der Waals surface area contributed by atoms with Gasteiger partial charge in [0.1, 0.15) is 18.3 Å². The van der Waals surface area contributed by atoms with E-state index in [9.17, 15) is 0 Å². The Balaban J connectivity index is 0. The molecule has 13 heavy (non-hydrogen) atoms. The second kappa shape index (κ2) is 7.85. The average Bonchev–Trinajstić information content (AvgIpc) is 2.12. The van der Waals surface area contributed by atoms with Crippen molar-refractivity contribution in [2.24, 2.45) is 5.73 Å². The highest BCUT2D eigenvalue weighted by atomic mass is 127. The fourth-order valence-corrected chi connectivity index (χ4v) is 0.703. The molecule has 0 aromatic rings. The number of aliphatic hydroxyl groups excluding tert-OH is 5. The molecule has 0 rings (SSSR count). The van der Waals surface area contributed by atoms with Crippen LogP contribution in [0.5, 0.6) is 0 Å². The number of hydrogen-bond donors (Lipinski definition) is 6. The van der Waals surface area contributed by atoms with Crippen LogP contribution in [0.4, 0.5) is 0 Å². The molecule has 7 heteroatoms. The topological polar surface area (TPSA) is 127 Å². The minimum absolute atomic E-state index is 0. The summed E-state index contributed by atoms with van der Waals surface area (Å²) in [6.07, 6.45) is -5.91. The van der Waals surface area contributed by atoms with E-state index in [4.69, 9.17) is 31.3 Å². The van der Waals surface area contributed by atoms with Gasteiger partial charge in [-0.15, -0.1) is 24.0 Å². The van der Waals surface area contributed by atoms with Gasteiger partial charge in [0, 0.05) is 6.54 Å². The van der Waals surface area contributed by atoms with Crippen molar-refractivity contribution < 1.29 is 25.5 Å². The van der Waals surface area contributed by atoms with Gasteiger partial charge in [-0.3, -0.25) is 0 Å². The molecule has 0 aliphatic rings. The Morgan fingerprint density at radius 3 is 1.62 bits per heavy atom. The Kier molecular flexibility index (Phi) is 9.63. The average molecular weight is 309 g/mol. The number of halogens is 1. The van der Waals surface area contributed by atoms with Crippen LogP contribution in [-0.2, 0) is 0 Å². The zero-order valence-electron chi connectivity index (χ0n) is 6.95. The molecule has 6 nitrogen and oxygen atoms in total. The molecular formula is C6H16INO5. The number of aliphatic hydroxyl groups is 5. The number of nitrogens with two attached hydrogens (primary N) is 1. The molecule has 0 aromatic carbocycles. The molecule has 0 spiro atoms. The molecule has 0 radical (unpaired) electrons. The first-order chi connectivity index (χ1) is 5.54. The minimum atomic E-state index is -1.59. The van der Waals surface area contributed by atoms with Crippen molar-refractivity contribution in [2.45, 2.75) is 24.4 Å². The van der Waals surface area contributed by atoms with Crippen molar-refractivity contribution in [3.05, 3.63) is 0 Å². The molecule has 0 fully saturated rings. The van der Waals surface area contributed by atoms with Gasteiger partial charge in [0.05, 0.1) is 12.7 Å². The van der Waals surface area contributed by atoms with E-state index in [2.05, 4.69) is 0 Å². The Hall–Kier alpha value is 0.490. The van der Waals surface area contributed by atoms with E-state index in [1.807, 2.05) is 0 Å². The molecule has 0 bridgehead atoms. The largest absolute Gasteiger partial charge is 0.394 e. The normalized spacial score (nSPS) is 19.8. The van der Waals surface area contributed by atoms with Crippen molar-refractivity contribution >= 4 is 24.0 Å². The van der Waals surface area contributed by atoms with E-state index in [1.165, 1.54) is 0 Å². The molecule has 82 valence electrons. The highest BCUT2D eigenvalue weighted by molar-refractivity contribution is 14.0. The van der Waals surface area contributed by atoms with Crippen molar-refractivity contribution in [2.75, 3.05) is 13.2 Å². The van der Waals surface area contributed by atoms with Crippen LogP contribution >= 0.6 is 24.0 Å². The molecule has 0 aliphatic heterocycles. The fraction of sp³-hybridized carbons (Fsp3) is 1.00. The third kappa shape index (κ3) is 5.05. The van der Waals surface area contributed by atoms with Crippen molar-refractivity contribution in [3.8, 4) is 0 Å². The number of rotatable bonds is 5. The van der Waals surface area contributed by atoms with E-state index in [1.54, 1.807) is 0 Å². The lowest BCUT2D eigenvalue weighted by Crippen LogP contribution is -2.48. The van der Waals surface area contributed by atoms with Crippen molar-refractivity contribution in [3.63, 3.8) is 0 Å². The summed E-state index contributed by atoms with van der Waals surface area (Å²) in [6.45, 7) is -0.911. The van der Waals surface area contributed by atoms with Crippen molar-refractivity contribution in [1.82, 2.24) is 0 Å². The summed E-state index contributed by atoms with van der Waals surface area (Å²) in [4.78, 5) is 0. The van der Waals surface area contributed by atoms with E-state index in [-0.39, 0.29) is 30.5 Å². The maximum absolute atomic E-state index is 9.04. The van der Waals surface area contributed by atoms with Gasteiger partial charge in [-0.25, -0.2) is 0 Å². The summed E-state index contributed by atoms with van der Waals surface area (Å²) >= 11 is 0. The summed E-state index contributed by atoms with van der Waals surface area (Å²) in [5, 5.41) is 44.2. The zero-order chi connectivity index (χ0) is 9.72. The van der Waals surface area contributed by atoms with Gasteiger partial charge in [-0.05, 0) is 0 Å². The lowest BCUT2D eigenvalue weighted by Gasteiger charge is -2.24. The van der Waals surface area contributed by atoms with Crippen LogP contribution in [0.3, 0.4) is 0 Å². The molecule has 7 N–H and O–H groups in total. The van der Waals surface area contributed by atoms with E-state index in [0.717, 1.165) is 0 Å². The van der Waals surface area contributed by atoms with Crippen LogP contribution < -0.4 is 5.73 Å². The second-order valence-electron chi connectivity index (χ2n) is 2.53. The molecule has 0 aromatic heterocycles. The van der Waals surface area contributed by atoms with E-state index < -0.39 is 31.0 Å². The minimum Gasteiger partial charge on any atom is -0.394 e. The van der Waals surface area contributed by atoms with Crippen LogP contribution in [0.25, 0.3) is 0 Å². The highest BCUT2D eigenvalue weighted by Gasteiger charge is 2.28. The fourth-order valence-electron chi connectivity index (χ4n) is 0.703. The van der Waals surface area contributed by atoms with Gasteiger partial charge in [0.25, 0.3) is 0 Å². The Labute approximate surface area is 93.0 Å². The predicted octanol–water partition coefficient (Wildman–Crippen LogP) is -3.00. The van der Waals surface area contributed by atoms with Crippen LogP contribution in [-0.4, -0.2) is 63.1 Å². The molecule has 0 unspecified atom stereocenters. The summed E-state index contributed by atoms with van der Waals surface area (Å²) in [7, 11) is 0. The highest BCUT2D eigenvalue weighted by Crippen LogP contribution is 2.03. The summed E-state index contributed by atoms with van der Waals surface area (Å²) in [5.41, 5.74) is 4.99. The Bertz CT molecular complexity index is 114. The third-order valence-electron chi connectivity index (χ3n) is 1.57. The van der Waals surface area contributed by atoms with E-state index in [0.29, 0.717) is 0 Å². The Morgan fingerprint density at radius 2 is 1.31 bits per heavy atom. The maximum Gasteiger partial charge on any atom is 0.111 e. The van der Waals surface area contributed by atoms with Gasteiger partial charge < -0.3 is 31.3 Å². The van der Waals surface area contributed by atoms with Gasteiger partial charge in [0.2, 0.25) is 0 Å². The first-order valence-corrected chi connectivity index (χ1v) is 3.57. The lowest BCUT2D eigenvalue weighted by atomic mass is 10.0. The summed E-state index contributed by atoms with van der Waals surface area (Å²) < 4.78 is 0. The maximum atomic E-state index is 9.04. The number of hydrogen-bond acceptors (Lipinski definition) is 6. The molecule has 0 saturated carbocycles. The molecule has 0 aliphatic carbocycles. The first kappa shape index (κ1) is 15.9. The van der Waals surface area contributed by atoms with Gasteiger partial charge in [-0.1, -0.05) is 0 Å². The smallest absolute Gasteiger partial charge is 0.111 e. The molecular weight excluding hydrogens is 293 g/mol. The molecule has 0 saturated heterocycles. The molecule has 4 atom stereocenters. The van der Waals surface area contributed by atoms with Gasteiger partial charge in [-0.2, -0.15) is 0 Å². The molecule has 0 amide bonds. The molecule has 0 heterocycles. The Morgan fingerprint density at radius 1 is 0.923 bits per heavy atom. The van der Waals surface area contributed by atoms with Crippen LogP contribution in [0, 0.1) is 0 Å². The van der Waals surface area contributed by atoms with Crippen molar-refractivity contribution in [1.29, 1.82) is 0 Å². The monoisotopic (exact) mass is 309 g/mol.